The molecule has 0 fully saturated rings. The Morgan fingerprint density at radius 3 is 1.05 bits per heavy atom. The molecule has 0 rings (SSSR count). The molecule has 326 valence electrons. The van der Waals surface area contributed by atoms with Crippen LogP contribution in [0.4, 0.5) is 0 Å². The Hall–Kier alpha value is -1.16. The number of Topliss-reactive ketones (excluding diaryl/α,β-unsaturated/α-hetero) is 1. The van der Waals surface area contributed by atoms with Gasteiger partial charge in [-0.2, -0.15) is 0 Å². The van der Waals surface area contributed by atoms with Crippen LogP contribution in [-0.4, -0.2) is 29.4 Å². The Morgan fingerprint density at radius 1 is 0.400 bits per heavy atom. The van der Waals surface area contributed by atoms with Crippen molar-refractivity contribution in [2.75, 3.05) is 6.54 Å². The average Bonchev–Trinajstić information content (AvgIpc) is 3.18. The fourth-order valence-electron chi connectivity index (χ4n) is 7.89. The van der Waals surface area contributed by atoms with E-state index in [1.165, 1.54) is 218 Å². The van der Waals surface area contributed by atoms with E-state index in [1.54, 1.807) is 0 Å². The molecule has 4 nitrogen and oxygen atoms in total. The topological polar surface area (TPSA) is 66.4 Å². The van der Waals surface area contributed by atoms with Crippen LogP contribution < -0.4 is 5.32 Å². The van der Waals surface area contributed by atoms with E-state index in [1.807, 2.05) is 0 Å². The second kappa shape index (κ2) is 47.2. The highest BCUT2D eigenvalue weighted by atomic mass is 16.3. The quantitative estimate of drug-likeness (QED) is 0.0478. The van der Waals surface area contributed by atoms with Gasteiger partial charge >= 0.3 is 0 Å². The number of ketones is 1. The van der Waals surface area contributed by atoms with Crippen LogP contribution in [0.25, 0.3) is 0 Å². The molecule has 0 radical (unpaired) electrons. The Bertz CT molecular complexity index is 795. The second-order valence-electron chi connectivity index (χ2n) is 17.5. The number of carbonyl (C=O) groups is 2. The van der Waals surface area contributed by atoms with Gasteiger partial charge in [0.25, 0.3) is 0 Å². The van der Waals surface area contributed by atoms with Crippen molar-refractivity contribution in [1.82, 2.24) is 5.32 Å². The lowest BCUT2D eigenvalue weighted by Gasteiger charge is -2.12. The van der Waals surface area contributed by atoms with E-state index in [9.17, 15) is 14.7 Å². The molecule has 1 atom stereocenters. The minimum atomic E-state index is -0.409. The van der Waals surface area contributed by atoms with Gasteiger partial charge in [-0.25, -0.2) is 0 Å². The number of hydrogen-bond donors (Lipinski definition) is 2. The van der Waals surface area contributed by atoms with E-state index in [-0.39, 0.29) is 5.91 Å². The van der Waals surface area contributed by atoms with E-state index >= 15 is 0 Å². The van der Waals surface area contributed by atoms with Crippen molar-refractivity contribution in [3.05, 3.63) is 12.2 Å². The Morgan fingerprint density at radius 2 is 0.691 bits per heavy atom. The number of allylic oxidation sites excluding steroid dienone is 2. The predicted octanol–water partition coefficient (Wildman–Crippen LogP) is 16.4. The van der Waals surface area contributed by atoms with Gasteiger partial charge < -0.3 is 10.4 Å². The van der Waals surface area contributed by atoms with Crippen LogP contribution in [0.5, 0.6) is 0 Å². The maximum absolute atomic E-state index is 12.3. The monoisotopic (exact) mass is 774 g/mol. The molecule has 0 aliphatic rings. The van der Waals surface area contributed by atoms with Gasteiger partial charge in [0, 0.05) is 25.8 Å². The van der Waals surface area contributed by atoms with Crippen molar-refractivity contribution >= 4 is 11.7 Å². The standard InChI is InChI=1S/C51H99NO3/c1-3-5-7-9-11-13-15-17-19-20-21-22-23-25-26-28-32-36-40-44-49(53)45-41-37-33-30-31-35-39-43-47-51(55)52-48-50(54)46-42-38-34-29-27-24-18-16-14-12-10-8-6-4-2/h17,19,50,54H,3-16,18,20-48H2,1-2H3,(H,52,55)/b19-17-. The molecular weight excluding hydrogens is 675 g/mol. The smallest absolute Gasteiger partial charge is 0.220 e. The minimum absolute atomic E-state index is 0.0862. The first-order valence-corrected chi connectivity index (χ1v) is 25.2. The zero-order valence-electron chi connectivity index (χ0n) is 37.6. The van der Waals surface area contributed by atoms with Crippen LogP contribution in [0.3, 0.4) is 0 Å². The molecule has 0 bridgehead atoms. The van der Waals surface area contributed by atoms with Crippen LogP contribution >= 0.6 is 0 Å². The Labute approximate surface area is 345 Å². The maximum atomic E-state index is 12.3. The molecule has 0 aliphatic heterocycles. The van der Waals surface area contributed by atoms with Gasteiger partial charge in [-0.1, -0.05) is 231 Å². The highest BCUT2D eigenvalue weighted by molar-refractivity contribution is 5.78. The molecule has 0 aliphatic carbocycles. The van der Waals surface area contributed by atoms with Crippen molar-refractivity contribution in [2.45, 2.75) is 296 Å². The first-order valence-electron chi connectivity index (χ1n) is 25.2. The molecule has 0 aromatic heterocycles. The van der Waals surface area contributed by atoms with Gasteiger partial charge in [-0.3, -0.25) is 9.59 Å². The zero-order valence-corrected chi connectivity index (χ0v) is 37.6. The molecule has 0 aromatic carbocycles. The number of unbranched alkanes of at least 4 members (excludes halogenated alkanes) is 35. The summed E-state index contributed by atoms with van der Waals surface area (Å²) < 4.78 is 0. The van der Waals surface area contributed by atoms with Crippen molar-refractivity contribution in [2.24, 2.45) is 0 Å². The van der Waals surface area contributed by atoms with Crippen LogP contribution in [0, 0.1) is 0 Å². The summed E-state index contributed by atoms with van der Waals surface area (Å²) in [5.74, 6) is 0.560. The lowest BCUT2D eigenvalue weighted by atomic mass is 10.0. The van der Waals surface area contributed by atoms with Gasteiger partial charge in [0.15, 0.2) is 0 Å². The fourth-order valence-corrected chi connectivity index (χ4v) is 7.89. The van der Waals surface area contributed by atoms with Crippen LogP contribution in [0.1, 0.15) is 290 Å². The normalized spacial score (nSPS) is 12.2. The van der Waals surface area contributed by atoms with Gasteiger partial charge in [-0.15, -0.1) is 0 Å². The largest absolute Gasteiger partial charge is 0.391 e. The van der Waals surface area contributed by atoms with Crippen molar-refractivity contribution in [3.63, 3.8) is 0 Å². The Kier molecular flexibility index (Phi) is 46.2. The van der Waals surface area contributed by atoms with Gasteiger partial charge in [0.1, 0.15) is 5.78 Å². The van der Waals surface area contributed by atoms with E-state index in [4.69, 9.17) is 0 Å². The first-order chi connectivity index (χ1) is 27.1. The van der Waals surface area contributed by atoms with Crippen molar-refractivity contribution in [1.29, 1.82) is 0 Å². The molecular formula is C51H99NO3. The third kappa shape index (κ3) is 47.1. The summed E-state index contributed by atoms with van der Waals surface area (Å²) in [4.78, 5) is 24.4. The summed E-state index contributed by atoms with van der Waals surface area (Å²) >= 11 is 0. The van der Waals surface area contributed by atoms with Gasteiger partial charge in [0.05, 0.1) is 6.10 Å². The summed E-state index contributed by atoms with van der Waals surface area (Å²) in [5, 5.41) is 13.2. The number of amides is 1. The summed E-state index contributed by atoms with van der Waals surface area (Å²) in [6.07, 6.45) is 58.0. The number of nitrogens with one attached hydrogen (secondary N) is 1. The third-order valence-corrected chi connectivity index (χ3v) is 11.8. The molecule has 4 heteroatoms. The van der Waals surface area contributed by atoms with Crippen LogP contribution in [0.15, 0.2) is 12.2 Å². The molecule has 0 saturated carbocycles. The molecule has 1 unspecified atom stereocenters. The summed E-state index contributed by atoms with van der Waals surface area (Å²) in [7, 11) is 0. The van der Waals surface area contributed by atoms with E-state index in [0.29, 0.717) is 18.7 Å². The van der Waals surface area contributed by atoms with E-state index in [0.717, 1.165) is 51.4 Å². The lowest BCUT2D eigenvalue weighted by molar-refractivity contribution is -0.121. The number of aliphatic hydroxyl groups is 1. The SMILES string of the molecule is CCCCCCCC/C=C\CCCCCCCCCCCC(=O)CCCCCCCCCCC(=O)NCC(O)CCCCCCCCCCCCCCCC. The first kappa shape index (κ1) is 53.8. The van der Waals surface area contributed by atoms with Gasteiger partial charge in [-0.05, 0) is 51.4 Å². The van der Waals surface area contributed by atoms with Crippen molar-refractivity contribution < 1.29 is 14.7 Å². The molecule has 2 N–H and O–H groups in total. The number of rotatable bonds is 47. The zero-order chi connectivity index (χ0) is 40.0. The van der Waals surface area contributed by atoms with E-state index < -0.39 is 6.10 Å². The second-order valence-corrected chi connectivity index (χ2v) is 17.5. The van der Waals surface area contributed by atoms with Crippen LogP contribution in [0.2, 0.25) is 0 Å². The van der Waals surface area contributed by atoms with Crippen molar-refractivity contribution in [3.8, 4) is 0 Å². The van der Waals surface area contributed by atoms with E-state index in [2.05, 4.69) is 31.3 Å². The summed E-state index contributed by atoms with van der Waals surface area (Å²) in [6, 6.07) is 0. The highest BCUT2D eigenvalue weighted by Gasteiger charge is 2.07. The maximum Gasteiger partial charge on any atom is 0.220 e. The fraction of sp³-hybridized carbons (Fsp3) is 0.922. The number of hydrogen-bond acceptors (Lipinski definition) is 3. The summed E-state index contributed by atoms with van der Waals surface area (Å²) in [6.45, 7) is 4.97. The number of carbonyl (C=O) groups excluding carboxylic acids is 2. The predicted molar refractivity (Wildman–Crippen MR) is 243 cm³/mol. The molecule has 0 spiro atoms. The molecule has 0 heterocycles. The third-order valence-electron chi connectivity index (χ3n) is 11.8. The molecule has 0 aromatic rings. The summed E-state index contributed by atoms with van der Waals surface area (Å²) in [5.41, 5.74) is 0. The van der Waals surface area contributed by atoms with Crippen LogP contribution in [-0.2, 0) is 9.59 Å². The Balaban J connectivity index is 3.32. The van der Waals surface area contributed by atoms with Gasteiger partial charge in [0.2, 0.25) is 5.91 Å². The highest BCUT2D eigenvalue weighted by Crippen LogP contribution is 2.16. The number of aliphatic hydroxyl groups excluding tert-OH is 1. The molecule has 0 saturated heterocycles. The molecule has 1 amide bonds. The minimum Gasteiger partial charge on any atom is -0.391 e. The molecule has 55 heavy (non-hydrogen) atoms. The lowest BCUT2D eigenvalue weighted by Crippen LogP contribution is -2.31. The average molecular weight is 774 g/mol.